The van der Waals surface area contributed by atoms with Gasteiger partial charge in [-0.25, -0.2) is 4.68 Å². The summed E-state index contributed by atoms with van der Waals surface area (Å²) in [4.78, 5) is 11.8. The van der Waals surface area contributed by atoms with E-state index in [0.29, 0.717) is 11.3 Å². The first kappa shape index (κ1) is 14.3. The Morgan fingerprint density at radius 3 is 2.75 bits per heavy atom. The first-order chi connectivity index (χ1) is 9.51. The lowest BCUT2D eigenvalue weighted by Gasteiger charge is -2.11. The minimum atomic E-state index is -0.161. The van der Waals surface area contributed by atoms with Gasteiger partial charge >= 0.3 is 0 Å². The van der Waals surface area contributed by atoms with Crippen molar-refractivity contribution in [1.29, 1.82) is 0 Å². The first-order valence-corrected chi connectivity index (χ1v) is 6.55. The highest BCUT2D eigenvalue weighted by molar-refractivity contribution is 5.61. The molecule has 0 atom stereocenters. The molecule has 106 valence electrons. The maximum absolute atomic E-state index is 11.8. The van der Waals surface area contributed by atoms with Gasteiger partial charge in [-0.3, -0.25) is 4.79 Å². The van der Waals surface area contributed by atoms with Crippen molar-refractivity contribution >= 4 is 0 Å². The van der Waals surface area contributed by atoms with Gasteiger partial charge in [0, 0.05) is 24.7 Å². The Morgan fingerprint density at radius 1 is 1.35 bits per heavy atom. The largest absolute Gasteiger partial charge is 0.491 e. The smallest absolute Gasteiger partial charge is 0.271 e. The fourth-order valence-electron chi connectivity index (χ4n) is 1.96. The number of ether oxygens (including phenoxy) is 1. The van der Waals surface area contributed by atoms with Crippen LogP contribution in [-0.2, 0) is 13.6 Å². The van der Waals surface area contributed by atoms with Crippen molar-refractivity contribution in [1.82, 2.24) is 9.78 Å². The second kappa shape index (κ2) is 5.88. The molecule has 5 heteroatoms. The van der Waals surface area contributed by atoms with E-state index in [0.717, 1.165) is 11.3 Å². The van der Waals surface area contributed by atoms with Crippen LogP contribution < -0.4 is 16.0 Å². The van der Waals surface area contributed by atoms with Gasteiger partial charge in [0.2, 0.25) is 0 Å². The Hall–Kier alpha value is -2.14. The van der Waals surface area contributed by atoms with E-state index >= 15 is 0 Å². The van der Waals surface area contributed by atoms with Gasteiger partial charge in [0.15, 0.2) is 0 Å². The highest BCUT2D eigenvalue weighted by Gasteiger charge is 2.08. The Morgan fingerprint density at radius 2 is 2.10 bits per heavy atom. The van der Waals surface area contributed by atoms with Crippen LogP contribution in [0.1, 0.15) is 19.4 Å². The minimum Gasteiger partial charge on any atom is -0.491 e. The predicted molar refractivity (Wildman–Crippen MR) is 78.6 cm³/mol. The number of aryl methyl sites for hydroxylation is 1. The van der Waals surface area contributed by atoms with Crippen molar-refractivity contribution in [2.24, 2.45) is 12.8 Å². The number of aromatic nitrogens is 2. The highest BCUT2D eigenvalue weighted by Crippen LogP contribution is 2.22. The molecule has 0 unspecified atom stereocenters. The molecular weight excluding hydrogens is 254 g/mol. The third-order valence-corrected chi connectivity index (χ3v) is 2.86. The maximum Gasteiger partial charge on any atom is 0.271 e. The van der Waals surface area contributed by atoms with Gasteiger partial charge in [-0.2, -0.15) is 5.10 Å². The van der Waals surface area contributed by atoms with Crippen molar-refractivity contribution in [3.63, 3.8) is 0 Å². The monoisotopic (exact) mass is 273 g/mol. The topological polar surface area (TPSA) is 70.1 Å². The van der Waals surface area contributed by atoms with Crippen LogP contribution in [0.4, 0.5) is 0 Å². The van der Waals surface area contributed by atoms with Crippen LogP contribution in [0.25, 0.3) is 11.3 Å². The Labute approximate surface area is 118 Å². The zero-order valence-electron chi connectivity index (χ0n) is 12.0. The van der Waals surface area contributed by atoms with Crippen LogP contribution in [0, 0.1) is 0 Å². The van der Waals surface area contributed by atoms with Crippen LogP contribution in [0.5, 0.6) is 5.75 Å². The molecule has 0 aliphatic rings. The van der Waals surface area contributed by atoms with Gasteiger partial charge < -0.3 is 10.5 Å². The fraction of sp³-hybridized carbons (Fsp3) is 0.333. The van der Waals surface area contributed by atoms with Crippen molar-refractivity contribution in [2.45, 2.75) is 26.5 Å². The number of hydrogen-bond acceptors (Lipinski definition) is 4. The molecule has 0 aliphatic carbocycles. The lowest BCUT2D eigenvalue weighted by molar-refractivity contribution is 0.242. The Balaban J connectivity index is 2.46. The second-order valence-corrected chi connectivity index (χ2v) is 4.88. The van der Waals surface area contributed by atoms with Crippen molar-refractivity contribution < 1.29 is 4.74 Å². The maximum atomic E-state index is 11.8. The van der Waals surface area contributed by atoms with E-state index in [2.05, 4.69) is 5.10 Å². The van der Waals surface area contributed by atoms with Crippen LogP contribution >= 0.6 is 0 Å². The molecule has 1 heterocycles. The van der Waals surface area contributed by atoms with Gasteiger partial charge in [0.05, 0.1) is 11.8 Å². The van der Waals surface area contributed by atoms with Crippen LogP contribution in [-0.4, -0.2) is 15.9 Å². The molecule has 20 heavy (non-hydrogen) atoms. The average Bonchev–Trinajstić information content (AvgIpc) is 2.41. The minimum absolute atomic E-state index is 0.109. The molecule has 0 bridgehead atoms. The third kappa shape index (κ3) is 3.05. The molecule has 2 aromatic rings. The quantitative estimate of drug-likeness (QED) is 0.920. The summed E-state index contributed by atoms with van der Waals surface area (Å²) in [6.45, 7) is 4.15. The van der Waals surface area contributed by atoms with Gasteiger partial charge in [-0.15, -0.1) is 0 Å². The van der Waals surface area contributed by atoms with Crippen molar-refractivity contribution in [2.75, 3.05) is 0 Å². The lowest BCUT2D eigenvalue weighted by atomic mass is 10.1. The molecule has 0 amide bonds. The zero-order valence-corrected chi connectivity index (χ0v) is 12.0. The molecule has 0 spiro atoms. The van der Waals surface area contributed by atoms with E-state index in [1.54, 1.807) is 13.1 Å². The van der Waals surface area contributed by atoms with E-state index in [-0.39, 0.29) is 18.2 Å². The van der Waals surface area contributed by atoms with Crippen molar-refractivity contribution in [3.8, 4) is 17.0 Å². The third-order valence-electron chi connectivity index (χ3n) is 2.86. The number of hydrogen-bond donors (Lipinski definition) is 1. The number of nitrogens with zero attached hydrogens (tertiary/aromatic N) is 2. The highest BCUT2D eigenvalue weighted by atomic mass is 16.5. The number of rotatable bonds is 4. The molecule has 0 aliphatic heterocycles. The number of nitrogens with two attached hydrogens (primary N) is 1. The summed E-state index contributed by atoms with van der Waals surface area (Å²) in [7, 11) is 1.62. The van der Waals surface area contributed by atoms with E-state index in [4.69, 9.17) is 10.5 Å². The molecule has 5 nitrogen and oxygen atoms in total. The Kier molecular flexibility index (Phi) is 4.20. The molecule has 0 saturated carbocycles. The Bertz CT molecular complexity index is 662. The van der Waals surface area contributed by atoms with E-state index < -0.39 is 0 Å². The zero-order chi connectivity index (χ0) is 14.7. The molecule has 0 saturated heterocycles. The van der Waals surface area contributed by atoms with Crippen LogP contribution in [0.3, 0.4) is 0 Å². The molecule has 2 N–H and O–H groups in total. The van der Waals surface area contributed by atoms with Gasteiger partial charge in [0.1, 0.15) is 5.75 Å². The fourth-order valence-corrected chi connectivity index (χ4v) is 1.96. The molecule has 1 aromatic carbocycles. The number of benzene rings is 1. The first-order valence-electron chi connectivity index (χ1n) is 6.55. The predicted octanol–water partition coefficient (Wildman–Crippen LogP) is 1.69. The second-order valence-electron chi connectivity index (χ2n) is 4.88. The summed E-state index contributed by atoms with van der Waals surface area (Å²) in [5.41, 5.74) is 7.59. The summed E-state index contributed by atoms with van der Waals surface area (Å²) < 4.78 is 6.98. The molecule has 1 aromatic heterocycles. The van der Waals surface area contributed by atoms with Gasteiger partial charge in [-0.05, 0) is 32.0 Å². The summed E-state index contributed by atoms with van der Waals surface area (Å²) in [5, 5.41) is 4.26. The molecule has 0 fully saturated rings. The summed E-state index contributed by atoms with van der Waals surface area (Å²) in [6.07, 6.45) is 0.109. The van der Waals surface area contributed by atoms with Gasteiger partial charge in [0.25, 0.3) is 5.56 Å². The summed E-state index contributed by atoms with van der Waals surface area (Å²) in [5.74, 6) is 0.780. The lowest BCUT2D eigenvalue weighted by Crippen LogP contribution is -2.25. The molecular formula is C15H19N3O2. The standard InChI is InChI=1S/C15H19N3O2/c1-10(2)20-13-6-4-5-11(7-13)14-8-12(9-16)15(19)18(3)17-14/h4-8,10H,9,16H2,1-3H3. The van der Waals surface area contributed by atoms with Crippen molar-refractivity contribution in [3.05, 3.63) is 46.2 Å². The summed E-state index contributed by atoms with van der Waals surface area (Å²) in [6, 6.07) is 9.38. The molecule has 0 radical (unpaired) electrons. The van der Waals surface area contributed by atoms with E-state index in [9.17, 15) is 4.79 Å². The summed E-state index contributed by atoms with van der Waals surface area (Å²) >= 11 is 0. The average molecular weight is 273 g/mol. The van der Waals surface area contributed by atoms with E-state index in [1.165, 1.54) is 4.68 Å². The molecule has 2 rings (SSSR count). The van der Waals surface area contributed by atoms with Gasteiger partial charge in [-0.1, -0.05) is 12.1 Å². The van der Waals surface area contributed by atoms with Crippen LogP contribution in [0.15, 0.2) is 35.1 Å². The SMILES string of the molecule is CC(C)Oc1cccc(-c2cc(CN)c(=O)n(C)n2)c1. The normalized spacial score (nSPS) is 10.8. The van der Waals surface area contributed by atoms with E-state index in [1.807, 2.05) is 38.1 Å². The van der Waals surface area contributed by atoms with Crippen LogP contribution in [0.2, 0.25) is 0 Å².